The molecule has 7 nitrogen and oxygen atoms in total. The summed E-state index contributed by atoms with van der Waals surface area (Å²) in [7, 11) is 0. The van der Waals surface area contributed by atoms with E-state index in [1.54, 1.807) is 11.8 Å². The highest BCUT2D eigenvalue weighted by molar-refractivity contribution is 5.97. The van der Waals surface area contributed by atoms with E-state index in [0.29, 0.717) is 25.0 Å². The molecule has 150 valence electrons. The summed E-state index contributed by atoms with van der Waals surface area (Å²) in [6.07, 6.45) is 0.628. The highest BCUT2D eigenvalue weighted by Crippen LogP contribution is 2.43. The van der Waals surface area contributed by atoms with Gasteiger partial charge in [-0.05, 0) is 31.4 Å². The topological polar surface area (TPSA) is 97.8 Å². The van der Waals surface area contributed by atoms with Crippen LogP contribution < -0.4 is 20.9 Å². The number of ether oxygens (including phenoxy) is 1. The van der Waals surface area contributed by atoms with Gasteiger partial charge in [0.05, 0.1) is 11.6 Å². The van der Waals surface area contributed by atoms with Crippen molar-refractivity contribution in [2.75, 3.05) is 31.3 Å². The zero-order valence-corrected chi connectivity index (χ0v) is 15.3. The van der Waals surface area contributed by atoms with Gasteiger partial charge in [-0.2, -0.15) is 0 Å². The first-order chi connectivity index (χ1) is 13.3. The number of nitrogens with zero attached hydrogens (tertiary/aromatic N) is 2. The first kappa shape index (κ1) is 18.7. The summed E-state index contributed by atoms with van der Waals surface area (Å²) in [4.78, 5) is 25.9. The second-order valence-electron chi connectivity index (χ2n) is 7.49. The van der Waals surface area contributed by atoms with Gasteiger partial charge in [-0.1, -0.05) is 0 Å². The number of aromatic nitrogens is 1. The van der Waals surface area contributed by atoms with Gasteiger partial charge in [-0.25, -0.2) is 13.6 Å². The number of anilines is 1. The molecule has 1 aromatic heterocycles. The van der Waals surface area contributed by atoms with Crippen LogP contribution in [0, 0.1) is 11.7 Å². The molecule has 3 heterocycles. The summed E-state index contributed by atoms with van der Waals surface area (Å²) in [6, 6.07) is 1.40. The summed E-state index contributed by atoms with van der Waals surface area (Å²) in [5.41, 5.74) is 5.35. The molecule has 2 aromatic rings. The maximum atomic E-state index is 15.1. The third-order valence-electron chi connectivity index (χ3n) is 5.67. The van der Waals surface area contributed by atoms with Crippen molar-refractivity contribution in [2.45, 2.75) is 25.4 Å². The lowest BCUT2D eigenvalue weighted by molar-refractivity contribution is 0.0694. The maximum absolute atomic E-state index is 15.1. The molecule has 1 fully saturated rings. The average molecular weight is 393 g/mol. The maximum Gasteiger partial charge on any atom is 0.341 e. The Morgan fingerprint density at radius 1 is 1.46 bits per heavy atom. The van der Waals surface area contributed by atoms with E-state index in [4.69, 9.17) is 10.5 Å². The van der Waals surface area contributed by atoms with Crippen LogP contribution in [-0.4, -0.2) is 48.1 Å². The largest absolute Gasteiger partial charge is 0.487 e. The van der Waals surface area contributed by atoms with Gasteiger partial charge in [0.15, 0.2) is 11.6 Å². The summed E-state index contributed by atoms with van der Waals surface area (Å²) < 4.78 is 35.2. The highest BCUT2D eigenvalue weighted by atomic mass is 19.1. The van der Waals surface area contributed by atoms with Crippen molar-refractivity contribution in [2.24, 2.45) is 11.7 Å². The van der Waals surface area contributed by atoms with Crippen molar-refractivity contribution in [1.29, 1.82) is 0 Å². The molecule has 1 saturated heterocycles. The van der Waals surface area contributed by atoms with E-state index >= 15 is 4.39 Å². The Morgan fingerprint density at radius 3 is 2.89 bits per heavy atom. The van der Waals surface area contributed by atoms with Crippen LogP contribution in [0.25, 0.3) is 10.9 Å². The van der Waals surface area contributed by atoms with Crippen LogP contribution in [0.15, 0.2) is 16.9 Å². The highest BCUT2D eigenvalue weighted by Gasteiger charge is 2.34. The Bertz CT molecular complexity index is 1020. The van der Waals surface area contributed by atoms with Crippen LogP contribution in [-0.2, 0) is 0 Å². The van der Waals surface area contributed by atoms with Gasteiger partial charge in [-0.15, -0.1) is 0 Å². The second-order valence-corrected chi connectivity index (χ2v) is 7.49. The lowest BCUT2D eigenvalue weighted by atomic mass is 10.0. The molecule has 0 spiro atoms. The molecular formula is C19H21F2N3O4. The van der Waals surface area contributed by atoms with Crippen molar-refractivity contribution in [1.82, 2.24) is 4.57 Å². The molecule has 1 aromatic carbocycles. The summed E-state index contributed by atoms with van der Waals surface area (Å²) >= 11 is 0. The number of carboxylic acid groups (broad SMARTS) is 1. The minimum Gasteiger partial charge on any atom is -0.487 e. The predicted molar refractivity (Wildman–Crippen MR) is 99.6 cm³/mol. The van der Waals surface area contributed by atoms with Crippen LogP contribution in [0.2, 0.25) is 0 Å². The van der Waals surface area contributed by atoms with Gasteiger partial charge < -0.3 is 20.5 Å². The third kappa shape index (κ3) is 2.72. The minimum absolute atomic E-state index is 0.105. The van der Waals surface area contributed by atoms with Gasteiger partial charge >= 0.3 is 5.97 Å². The molecule has 28 heavy (non-hydrogen) atoms. The number of carbonyl (C=O) groups is 1. The quantitative estimate of drug-likeness (QED) is 0.824. The van der Waals surface area contributed by atoms with E-state index in [1.165, 1.54) is 16.7 Å². The van der Waals surface area contributed by atoms with E-state index in [9.17, 15) is 19.1 Å². The SMILES string of the molecule is C[C@H]1COc2c(N3CC[C@@H](C(N)CF)C3)c(F)cc3cc(C(=O)O)c(=O)n1c23. The fourth-order valence-corrected chi connectivity index (χ4v) is 4.18. The molecule has 0 bridgehead atoms. The molecule has 3 N–H and O–H groups in total. The van der Waals surface area contributed by atoms with E-state index in [1.807, 2.05) is 0 Å². The number of hydrogen-bond donors (Lipinski definition) is 2. The number of halogens is 2. The van der Waals surface area contributed by atoms with E-state index in [2.05, 4.69) is 0 Å². The number of benzene rings is 1. The molecule has 2 aliphatic rings. The number of hydrogen-bond acceptors (Lipinski definition) is 5. The smallest absolute Gasteiger partial charge is 0.341 e. The molecule has 1 unspecified atom stereocenters. The van der Waals surface area contributed by atoms with E-state index in [0.717, 1.165) is 0 Å². The van der Waals surface area contributed by atoms with Crippen LogP contribution in [0.4, 0.5) is 14.5 Å². The molecule has 4 rings (SSSR count). The average Bonchev–Trinajstić information content (AvgIpc) is 3.14. The van der Waals surface area contributed by atoms with Crippen molar-refractivity contribution >= 4 is 22.6 Å². The Kier molecular flexibility index (Phi) is 4.49. The van der Waals surface area contributed by atoms with Crippen LogP contribution in [0.3, 0.4) is 0 Å². The lowest BCUT2D eigenvalue weighted by Crippen LogP contribution is -2.36. The molecule has 0 aliphatic carbocycles. The number of aromatic carboxylic acids is 1. The number of nitrogens with two attached hydrogens (primary N) is 1. The molecular weight excluding hydrogens is 372 g/mol. The Labute approximate surface area is 159 Å². The zero-order chi connectivity index (χ0) is 20.2. The Morgan fingerprint density at radius 2 is 2.21 bits per heavy atom. The number of carboxylic acids is 1. The first-order valence-corrected chi connectivity index (χ1v) is 9.17. The van der Waals surface area contributed by atoms with Gasteiger partial charge in [0.2, 0.25) is 0 Å². The van der Waals surface area contributed by atoms with Crippen LogP contribution >= 0.6 is 0 Å². The second kappa shape index (κ2) is 6.73. The zero-order valence-electron chi connectivity index (χ0n) is 15.3. The summed E-state index contributed by atoms with van der Waals surface area (Å²) in [6.45, 7) is 2.09. The summed E-state index contributed by atoms with van der Waals surface area (Å²) in [5, 5.41) is 9.62. The van der Waals surface area contributed by atoms with E-state index in [-0.39, 0.29) is 29.3 Å². The number of pyridine rings is 1. The first-order valence-electron chi connectivity index (χ1n) is 9.17. The fourth-order valence-electron chi connectivity index (χ4n) is 4.18. The van der Waals surface area contributed by atoms with Crippen molar-refractivity contribution in [3.63, 3.8) is 0 Å². The molecule has 2 aliphatic heterocycles. The standard InChI is InChI=1S/C19H21F2N3O4/c1-9-8-28-17-15-11(4-12(19(26)27)18(25)24(9)15)5-13(21)16(17)23-3-2-10(7-23)14(22)6-20/h4-5,9-10,14H,2-3,6-8,22H2,1H3,(H,26,27)/t9-,10+,14?/m0/s1. The van der Waals surface area contributed by atoms with Crippen molar-refractivity contribution in [3.8, 4) is 5.75 Å². The molecule has 0 amide bonds. The van der Waals surface area contributed by atoms with Crippen LogP contribution in [0.1, 0.15) is 29.7 Å². The molecule has 3 atom stereocenters. The van der Waals surface area contributed by atoms with Gasteiger partial charge in [0.1, 0.15) is 24.5 Å². The fraction of sp³-hybridized carbons (Fsp3) is 0.474. The third-order valence-corrected chi connectivity index (χ3v) is 5.67. The monoisotopic (exact) mass is 393 g/mol. The Hall–Kier alpha value is -2.68. The van der Waals surface area contributed by atoms with Gasteiger partial charge in [0.25, 0.3) is 5.56 Å². The van der Waals surface area contributed by atoms with Gasteiger partial charge in [-0.3, -0.25) is 9.36 Å². The lowest BCUT2D eigenvalue weighted by Gasteiger charge is -2.31. The molecule has 9 heteroatoms. The normalized spacial score (nSPS) is 22.4. The van der Waals surface area contributed by atoms with Crippen molar-refractivity contribution in [3.05, 3.63) is 33.9 Å². The number of alkyl halides is 1. The van der Waals surface area contributed by atoms with Crippen LogP contribution in [0.5, 0.6) is 5.75 Å². The number of rotatable bonds is 4. The van der Waals surface area contributed by atoms with Gasteiger partial charge in [0, 0.05) is 24.5 Å². The predicted octanol–water partition coefficient (Wildman–Crippen LogP) is 1.92. The Balaban J connectivity index is 1.92. The summed E-state index contributed by atoms with van der Waals surface area (Å²) in [5.74, 6) is -1.82. The minimum atomic E-state index is -1.36. The molecule has 0 saturated carbocycles. The van der Waals surface area contributed by atoms with Crippen molar-refractivity contribution < 1.29 is 23.4 Å². The molecule has 0 radical (unpaired) electrons. The van der Waals surface area contributed by atoms with E-state index < -0.39 is 41.7 Å².